The smallest absolute Gasteiger partial charge is 0.416 e. The van der Waals surface area contributed by atoms with Crippen molar-refractivity contribution in [3.05, 3.63) is 58.8 Å². The first kappa shape index (κ1) is 30.0. The van der Waals surface area contributed by atoms with E-state index in [4.69, 9.17) is 4.74 Å². The lowest BCUT2D eigenvalue weighted by Gasteiger charge is -2.21. The van der Waals surface area contributed by atoms with Crippen molar-refractivity contribution >= 4 is 24.5 Å². The average Bonchev–Trinajstić information content (AvgIpc) is 2.86. The maximum Gasteiger partial charge on any atom is 0.416 e. The Morgan fingerprint density at radius 3 is 2.32 bits per heavy atom. The topological polar surface area (TPSA) is 113 Å². The lowest BCUT2D eigenvalue weighted by molar-refractivity contribution is -0.137. The monoisotopic (exact) mass is 536 g/mol. The molecule has 0 aliphatic carbocycles. The number of carbonyl (C=O) groups excluding carboxylic acids is 1. The third-order valence-electron chi connectivity index (χ3n) is 5.17. The second kappa shape index (κ2) is 12.4. The molecule has 0 spiro atoms. The van der Waals surface area contributed by atoms with Crippen LogP contribution in [-0.4, -0.2) is 47.9 Å². The molecule has 0 saturated carbocycles. The standard InChI is InChI=1S/C25H25F5N6O2/c1-6-33-21(22-34-10-18(11-35-22)38-12-19(26)27)20(32-5)14(2)36-23(37)15-7-16(24(3,4)13-31)9-17(8-15)25(28,29)30/h6-11,14,19H,5,12H2,1-4H3,(H,36,37)/b21-20-,33-6-. The second-order valence-corrected chi connectivity index (χ2v) is 8.45. The van der Waals surface area contributed by atoms with Crippen molar-refractivity contribution in [2.75, 3.05) is 6.61 Å². The predicted octanol–water partition coefficient (Wildman–Crippen LogP) is 5.22. The molecule has 2 rings (SSSR count). The van der Waals surface area contributed by atoms with Crippen molar-refractivity contribution in [3.63, 3.8) is 0 Å². The van der Waals surface area contributed by atoms with Crippen molar-refractivity contribution < 1.29 is 31.5 Å². The van der Waals surface area contributed by atoms with Crippen molar-refractivity contribution in [1.82, 2.24) is 15.3 Å². The number of alkyl halides is 5. The minimum absolute atomic E-state index is 0.00752. The number of aliphatic imine (C=N–C) groups is 2. The number of nitrogens with one attached hydrogen (secondary N) is 1. The maximum absolute atomic E-state index is 13.5. The van der Waals surface area contributed by atoms with E-state index in [1.165, 1.54) is 33.1 Å². The van der Waals surface area contributed by atoms with E-state index in [2.05, 4.69) is 32.0 Å². The van der Waals surface area contributed by atoms with Gasteiger partial charge in [0.2, 0.25) is 0 Å². The van der Waals surface area contributed by atoms with E-state index < -0.39 is 42.1 Å². The molecule has 13 heteroatoms. The molecule has 0 radical (unpaired) electrons. The van der Waals surface area contributed by atoms with Crippen LogP contribution < -0.4 is 10.1 Å². The number of aromatic nitrogens is 2. The van der Waals surface area contributed by atoms with Crippen LogP contribution in [0.3, 0.4) is 0 Å². The summed E-state index contributed by atoms with van der Waals surface area (Å²) >= 11 is 0. The van der Waals surface area contributed by atoms with E-state index in [9.17, 15) is 32.0 Å². The van der Waals surface area contributed by atoms with E-state index >= 15 is 0 Å². The number of nitrogens with zero attached hydrogens (tertiary/aromatic N) is 5. The number of carbonyl (C=O) groups is 1. The molecular weight excluding hydrogens is 511 g/mol. The summed E-state index contributed by atoms with van der Waals surface area (Å²) in [6.07, 6.45) is -3.73. The Balaban J connectivity index is 2.45. The van der Waals surface area contributed by atoms with Gasteiger partial charge in [-0.3, -0.25) is 14.8 Å². The number of nitriles is 1. The van der Waals surface area contributed by atoms with Crippen LogP contribution in [0.1, 0.15) is 55.0 Å². The summed E-state index contributed by atoms with van der Waals surface area (Å²) in [7, 11) is 0. The first-order valence-electron chi connectivity index (χ1n) is 11.1. The summed E-state index contributed by atoms with van der Waals surface area (Å²) in [4.78, 5) is 29.2. The highest BCUT2D eigenvalue weighted by atomic mass is 19.4. The van der Waals surface area contributed by atoms with Gasteiger partial charge >= 0.3 is 6.18 Å². The van der Waals surface area contributed by atoms with Gasteiger partial charge in [0.15, 0.2) is 11.6 Å². The van der Waals surface area contributed by atoms with Crippen LogP contribution in [-0.2, 0) is 11.6 Å². The molecule has 1 N–H and O–H groups in total. The fourth-order valence-corrected chi connectivity index (χ4v) is 3.15. The highest BCUT2D eigenvalue weighted by Crippen LogP contribution is 2.34. The van der Waals surface area contributed by atoms with Gasteiger partial charge in [-0.1, -0.05) is 0 Å². The molecule has 1 aromatic carbocycles. The molecule has 0 fully saturated rings. The third-order valence-corrected chi connectivity index (χ3v) is 5.17. The average molecular weight is 537 g/mol. The summed E-state index contributed by atoms with van der Waals surface area (Å²) in [5, 5.41) is 11.9. The van der Waals surface area contributed by atoms with Crippen LogP contribution in [0.15, 0.2) is 46.3 Å². The van der Waals surface area contributed by atoms with Crippen LogP contribution in [0.5, 0.6) is 5.75 Å². The highest BCUT2D eigenvalue weighted by molar-refractivity contribution is 5.95. The van der Waals surface area contributed by atoms with E-state index in [1.54, 1.807) is 6.92 Å². The zero-order valence-corrected chi connectivity index (χ0v) is 21.0. The zero-order chi connectivity index (χ0) is 28.7. The Morgan fingerprint density at radius 1 is 1.21 bits per heavy atom. The lowest BCUT2D eigenvalue weighted by Crippen LogP contribution is -2.34. The molecule has 0 saturated heterocycles. The molecule has 1 unspecified atom stereocenters. The Kier molecular flexibility index (Phi) is 9.76. The lowest BCUT2D eigenvalue weighted by atomic mass is 9.84. The summed E-state index contributed by atoms with van der Waals surface area (Å²) < 4.78 is 70.1. The Hall–Kier alpha value is -4.21. The molecule has 8 nitrogen and oxygen atoms in total. The minimum atomic E-state index is -4.75. The quantitative estimate of drug-likeness (QED) is 0.331. The summed E-state index contributed by atoms with van der Waals surface area (Å²) in [6, 6.07) is 3.74. The molecular formula is C25H25F5N6O2. The fraction of sp³-hybridized carbons (Fsp3) is 0.360. The van der Waals surface area contributed by atoms with E-state index in [-0.39, 0.29) is 34.1 Å². The van der Waals surface area contributed by atoms with Gasteiger partial charge in [0.05, 0.1) is 41.2 Å². The fourth-order valence-electron chi connectivity index (χ4n) is 3.15. The molecule has 1 aromatic heterocycles. The summed E-state index contributed by atoms with van der Waals surface area (Å²) in [5.41, 5.74) is -2.50. The number of hydrogen-bond acceptors (Lipinski definition) is 7. The number of rotatable bonds is 10. The van der Waals surface area contributed by atoms with Crippen molar-refractivity contribution in [2.24, 2.45) is 9.98 Å². The molecule has 0 bridgehead atoms. The Labute approximate surface area is 216 Å². The highest BCUT2D eigenvalue weighted by Gasteiger charge is 2.34. The SMILES string of the molecule is C=N/C(=C(\N=C/C)c1ncc(OCC(F)F)cn1)C(C)NC(=O)c1cc(C(F)(F)F)cc(C(C)(C)C#N)c1. The van der Waals surface area contributed by atoms with Gasteiger partial charge in [-0.15, -0.1) is 0 Å². The zero-order valence-electron chi connectivity index (χ0n) is 21.0. The number of halogens is 5. The second-order valence-electron chi connectivity index (χ2n) is 8.45. The van der Waals surface area contributed by atoms with Crippen molar-refractivity contribution in [3.8, 4) is 11.8 Å². The van der Waals surface area contributed by atoms with Crippen LogP contribution in [0.4, 0.5) is 22.0 Å². The third kappa shape index (κ3) is 7.64. The predicted molar refractivity (Wildman–Crippen MR) is 131 cm³/mol. The van der Waals surface area contributed by atoms with Gasteiger partial charge in [-0.05, 0) is 58.2 Å². The number of ether oxygens (including phenoxy) is 1. The molecule has 0 aliphatic rings. The van der Waals surface area contributed by atoms with Gasteiger partial charge < -0.3 is 10.1 Å². The molecule has 202 valence electrons. The number of amides is 1. The first-order chi connectivity index (χ1) is 17.7. The molecule has 38 heavy (non-hydrogen) atoms. The molecule has 2 aromatic rings. The van der Waals surface area contributed by atoms with Crippen molar-refractivity contribution in [2.45, 2.75) is 51.8 Å². The van der Waals surface area contributed by atoms with Gasteiger partial charge in [-0.25, -0.2) is 18.7 Å². The minimum Gasteiger partial charge on any atom is -0.484 e. The van der Waals surface area contributed by atoms with E-state index in [0.29, 0.717) is 6.07 Å². The largest absolute Gasteiger partial charge is 0.484 e. The van der Waals surface area contributed by atoms with Crippen LogP contribution in [0, 0.1) is 11.3 Å². The van der Waals surface area contributed by atoms with E-state index in [1.807, 2.05) is 6.07 Å². The number of hydrogen-bond donors (Lipinski definition) is 1. The molecule has 1 heterocycles. The Bertz CT molecular complexity index is 1260. The summed E-state index contributed by atoms with van der Waals surface area (Å²) in [5.74, 6) is -0.867. The number of benzene rings is 1. The first-order valence-corrected chi connectivity index (χ1v) is 11.1. The molecule has 1 amide bonds. The van der Waals surface area contributed by atoms with Gasteiger partial charge in [-0.2, -0.15) is 18.4 Å². The molecule has 1 atom stereocenters. The van der Waals surface area contributed by atoms with Gasteiger partial charge in [0, 0.05) is 11.8 Å². The Morgan fingerprint density at radius 2 is 1.82 bits per heavy atom. The molecule has 0 aliphatic heterocycles. The van der Waals surface area contributed by atoms with Gasteiger partial charge in [0.25, 0.3) is 12.3 Å². The van der Waals surface area contributed by atoms with Crippen LogP contribution >= 0.6 is 0 Å². The summed E-state index contributed by atoms with van der Waals surface area (Å²) in [6.45, 7) is 8.60. The van der Waals surface area contributed by atoms with Crippen LogP contribution in [0.25, 0.3) is 5.70 Å². The van der Waals surface area contributed by atoms with Crippen LogP contribution in [0.2, 0.25) is 0 Å². The van der Waals surface area contributed by atoms with E-state index in [0.717, 1.165) is 18.5 Å². The normalized spacial score (nSPS) is 13.6. The van der Waals surface area contributed by atoms with Crippen molar-refractivity contribution in [1.29, 1.82) is 5.26 Å². The maximum atomic E-state index is 13.5. The van der Waals surface area contributed by atoms with Gasteiger partial charge in [0.1, 0.15) is 12.3 Å².